The molecule has 0 aliphatic heterocycles. The van der Waals surface area contributed by atoms with Crippen LogP contribution in [0.15, 0.2) is 0 Å². The van der Waals surface area contributed by atoms with Crippen LogP contribution in [0.25, 0.3) is 0 Å². The molecule has 6 heteroatoms. The van der Waals surface area contributed by atoms with Gasteiger partial charge >= 0.3 is 12.1 Å². The molecule has 0 aliphatic carbocycles. The number of rotatable bonds is 4. The zero-order valence-electron chi connectivity index (χ0n) is 10.9. The number of hydrogen-bond acceptors (Lipinski definition) is 4. The molecule has 0 saturated heterocycles. The molecule has 0 unspecified atom stereocenters. The Hall–Kier alpha value is -1.30. The third-order valence-corrected chi connectivity index (χ3v) is 1.96. The van der Waals surface area contributed by atoms with Gasteiger partial charge in [0.05, 0.1) is 6.10 Å². The van der Waals surface area contributed by atoms with Crippen LogP contribution in [0.3, 0.4) is 0 Å². The Balaban J connectivity index is 4.57. The van der Waals surface area contributed by atoms with Crippen LogP contribution in [0.5, 0.6) is 0 Å². The standard InChI is InChI=1S/C11H21NO5/c1-6(2)8(13)7(9(14)15)12-10(16)17-11(3,4)5/h6-8,13H,1-5H3,(H,12,16)(H,14,15)/t7-,8+/m1/s1. The van der Waals surface area contributed by atoms with Crippen LogP contribution in [0.1, 0.15) is 34.6 Å². The molecule has 0 aromatic heterocycles. The smallest absolute Gasteiger partial charge is 0.408 e. The molecule has 0 heterocycles. The maximum atomic E-state index is 11.4. The molecule has 0 spiro atoms. The van der Waals surface area contributed by atoms with E-state index in [1.807, 2.05) is 0 Å². The summed E-state index contributed by atoms with van der Waals surface area (Å²) in [7, 11) is 0. The Morgan fingerprint density at radius 2 is 1.71 bits per heavy atom. The summed E-state index contributed by atoms with van der Waals surface area (Å²) >= 11 is 0. The van der Waals surface area contributed by atoms with Gasteiger partial charge in [-0.2, -0.15) is 0 Å². The fourth-order valence-electron chi connectivity index (χ4n) is 1.11. The van der Waals surface area contributed by atoms with Gasteiger partial charge in [0.1, 0.15) is 5.60 Å². The summed E-state index contributed by atoms with van der Waals surface area (Å²) in [4.78, 5) is 22.3. The van der Waals surface area contributed by atoms with Gasteiger partial charge in [-0.25, -0.2) is 9.59 Å². The molecule has 17 heavy (non-hydrogen) atoms. The first-order valence-corrected chi connectivity index (χ1v) is 5.45. The number of aliphatic carboxylic acids is 1. The number of nitrogens with one attached hydrogen (secondary N) is 1. The van der Waals surface area contributed by atoms with E-state index in [4.69, 9.17) is 9.84 Å². The summed E-state index contributed by atoms with van der Waals surface area (Å²) < 4.78 is 4.92. The summed E-state index contributed by atoms with van der Waals surface area (Å²) in [5, 5.41) is 20.7. The van der Waals surface area contributed by atoms with E-state index in [0.717, 1.165) is 0 Å². The highest BCUT2D eigenvalue weighted by Crippen LogP contribution is 2.10. The second kappa shape index (κ2) is 5.86. The highest BCUT2D eigenvalue weighted by Gasteiger charge is 2.31. The highest BCUT2D eigenvalue weighted by molar-refractivity contribution is 5.80. The molecule has 0 fully saturated rings. The average Bonchev–Trinajstić information content (AvgIpc) is 2.09. The zero-order valence-corrected chi connectivity index (χ0v) is 10.9. The molecular formula is C11H21NO5. The minimum atomic E-state index is -1.37. The zero-order chi connectivity index (χ0) is 13.8. The van der Waals surface area contributed by atoms with Gasteiger partial charge in [-0.05, 0) is 26.7 Å². The topological polar surface area (TPSA) is 95.9 Å². The molecule has 0 aliphatic rings. The van der Waals surface area contributed by atoms with Crippen molar-refractivity contribution in [3.8, 4) is 0 Å². The van der Waals surface area contributed by atoms with E-state index in [0.29, 0.717) is 0 Å². The van der Waals surface area contributed by atoms with Crippen molar-refractivity contribution in [3.05, 3.63) is 0 Å². The number of hydrogen-bond donors (Lipinski definition) is 3. The molecule has 3 N–H and O–H groups in total. The maximum Gasteiger partial charge on any atom is 0.408 e. The Kier molecular flexibility index (Phi) is 5.41. The number of alkyl carbamates (subject to hydrolysis) is 1. The van der Waals surface area contributed by atoms with E-state index in [1.165, 1.54) is 0 Å². The molecule has 100 valence electrons. The monoisotopic (exact) mass is 247 g/mol. The van der Waals surface area contributed by atoms with Crippen molar-refractivity contribution in [2.75, 3.05) is 0 Å². The highest BCUT2D eigenvalue weighted by atomic mass is 16.6. The first-order chi connectivity index (χ1) is 7.54. The van der Waals surface area contributed by atoms with Gasteiger partial charge in [-0.15, -0.1) is 0 Å². The van der Waals surface area contributed by atoms with Crippen molar-refractivity contribution in [2.24, 2.45) is 5.92 Å². The van der Waals surface area contributed by atoms with E-state index >= 15 is 0 Å². The number of ether oxygens (including phenoxy) is 1. The fraction of sp³-hybridized carbons (Fsp3) is 0.818. The van der Waals surface area contributed by atoms with Gasteiger partial charge < -0.3 is 20.3 Å². The van der Waals surface area contributed by atoms with Crippen LogP contribution in [-0.4, -0.2) is 40.0 Å². The molecule has 0 rings (SSSR count). The van der Waals surface area contributed by atoms with Gasteiger partial charge in [-0.1, -0.05) is 13.8 Å². The number of carbonyl (C=O) groups is 2. The molecule has 0 saturated carbocycles. The van der Waals surface area contributed by atoms with Crippen LogP contribution in [0.4, 0.5) is 4.79 Å². The van der Waals surface area contributed by atoms with Gasteiger partial charge in [0, 0.05) is 0 Å². The number of carboxylic acid groups (broad SMARTS) is 1. The predicted molar refractivity (Wildman–Crippen MR) is 61.6 cm³/mol. The Labute approximate surface area is 101 Å². The average molecular weight is 247 g/mol. The first-order valence-electron chi connectivity index (χ1n) is 5.45. The van der Waals surface area contributed by atoms with Crippen molar-refractivity contribution >= 4 is 12.1 Å². The van der Waals surface area contributed by atoms with Crippen LogP contribution in [-0.2, 0) is 9.53 Å². The SMILES string of the molecule is CC(C)[C@H](O)[C@@H](NC(=O)OC(C)(C)C)C(=O)O. The van der Waals surface area contributed by atoms with E-state index in [2.05, 4.69) is 5.32 Å². The van der Waals surface area contributed by atoms with E-state index in [9.17, 15) is 14.7 Å². The van der Waals surface area contributed by atoms with E-state index < -0.39 is 29.8 Å². The predicted octanol–water partition coefficient (Wildman–Crippen LogP) is 0.981. The Morgan fingerprint density at radius 1 is 1.24 bits per heavy atom. The molecular weight excluding hydrogens is 226 g/mol. The number of carbonyl (C=O) groups excluding carboxylic acids is 1. The van der Waals surface area contributed by atoms with Crippen molar-refractivity contribution in [1.82, 2.24) is 5.32 Å². The Bertz CT molecular complexity index is 282. The number of amides is 1. The largest absolute Gasteiger partial charge is 0.480 e. The third-order valence-electron chi connectivity index (χ3n) is 1.96. The number of aliphatic hydroxyl groups is 1. The lowest BCUT2D eigenvalue weighted by Crippen LogP contribution is -2.51. The normalized spacial score (nSPS) is 15.2. The van der Waals surface area contributed by atoms with Crippen LogP contribution < -0.4 is 5.32 Å². The molecule has 1 amide bonds. The lowest BCUT2D eigenvalue weighted by molar-refractivity contribution is -0.143. The number of aliphatic hydroxyl groups excluding tert-OH is 1. The Morgan fingerprint density at radius 3 is 2.00 bits per heavy atom. The van der Waals surface area contributed by atoms with Crippen LogP contribution in [0, 0.1) is 5.92 Å². The minimum absolute atomic E-state index is 0.286. The lowest BCUT2D eigenvalue weighted by atomic mass is 10.00. The first kappa shape index (κ1) is 15.7. The molecule has 2 atom stereocenters. The molecule has 0 radical (unpaired) electrons. The summed E-state index contributed by atoms with van der Waals surface area (Å²) in [6.45, 7) is 8.33. The molecule has 6 nitrogen and oxygen atoms in total. The van der Waals surface area contributed by atoms with Crippen molar-refractivity contribution in [3.63, 3.8) is 0 Å². The summed E-state index contributed by atoms with van der Waals surface area (Å²) in [5.41, 5.74) is -0.712. The summed E-state index contributed by atoms with van der Waals surface area (Å²) in [5.74, 6) is -1.58. The maximum absolute atomic E-state index is 11.4. The summed E-state index contributed by atoms with van der Waals surface area (Å²) in [6.07, 6.45) is -2.02. The second-order valence-corrected chi connectivity index (χ2v) is 5.20. The van der Waals surface area contributed by atoms with Gasteiger partial charge in [-0.3, -0.25) is 0 Å². The third kappa shape index (κ3) is 6.11. The number of carboxylic acids is 1. The fourth-order valence-corrected chi connectivity index (χ4v) is 1.11. The van der Waals surface area contributed by atoms with Gasteiger partial charge in [0.15, 0.2) is 6.04 Å². The van der Waals surface area contributed by atoms with E-state index in [-0.39, 0.29) is 5.92 Å². The van der Waals surface area contributed by atoms with Gasteiger partial charge in [0.2, 0.25) is 0 Å². The minimum Gasteiger partial charge on any atom is -0.480 e. The van der Waals surface area contributed by atoms with Crippen molar-refractivity contribution in [2.45, 2.75) is 52.4 Å². The van der Waals surface area contributed by atoms with Gasteiger partial charge in [0.25, 0.3) is 0 Å². The van der Waals surface area contributed by atoms with E-state index in [1.54, 1.807) is 34.6 Å². The van der Waals surface area contributed by atoms with Crippen molar-refractivity contribution in [1.29, 1.82) is 0 Å². The molecule has 0 bridgehead atoms. The quantitative estimate of drug-likeness (QED) is 0.688. The van der Waals surface area contributed by atoms with Crippen LogP contribution >= 0.6 is 0 Å². The second-order valence-electron chi connectivity index (χ2n) is 5.20. The summed E-state index contributed by atoms with van der Waals surface area (Å²) in [6, 6.07) is -1.37. The van der Waals surface area contributed by atoms with Crippen molar-refractivity contribution < 1.29 is 24.5 Å². The van der Waals surface area contributed by atoms with Crippen LogP contribution in [0.2, 0.25) is 0 Å². The lowest BCUT2D eigenvalue weighted by Gasteiger charge is -2.25. The molecule has 0 aromatic carbocycles. The molecule has 0 aromatic rings.